The monoisotopic (exact) mass is 385 g/mol. The summed E-state index contributed by atoms with van der Waals surface area (Å²) in [5.41, 5.74) is 2.87. The van der Waals surface area contributed by atoms with E-state index in [1.807, 2.05) is 13.8 Å². The number of amides is 3. The van der Waals surface area contributed by atoms with Crippen LogP contribution in [0.1, 0.15) is 35.3 Å². The van der Waals surface area contributed by atoms with Crippen molar-refractivity contribution in [3.8, 4) is 0 Å². The molecule has 2 N–H and O–H groups in total. The van der Waals surface area contributed by atoms with E-state index >= 15 is 0 Å². The zero-order valence-corrected chi connectivity index (χ0v) is 16.0. The van der Waals surface area contributed by atoms with Crippen LogP contribution in [0.4, 0.5) is 14.9 Å². The van der Waals surface area contributed by atoms with Crippen molar-refractivity contribution in [2.75, 3.05) is 18.5 Å². The lowest BCUT2D eigenvalue weighted by atomic mass is 10.1. The number of nitrogens with one attached hydrogen (secondary N) is 2. The Kier molecular flexibility index (Phi) is 6.26. The SMILES string of the molecule is CCOC(C)CNC(=O)c1ccc(NC(=O)N2Cc3ccc(F)cc3C2)cc1. The van der Waals surface area contributed by atoms with Crippen LogP contribution >= 0.6 is 0 Å². The van der Waals surface area contributed by atoms with Gasteiger partial charge in [0, 0.05) is 37.5 Å². The van der Waals surface area contributed by atoms with Gasteiger partial charge in [0.2, 0.25) is 0 Å². The third-order valence-corrected chi connectivity index (χ3v) is 4.58. The van der Waals surface area contributed by atoms with Gasteiger partial charge < -0.3 is 20.3 Å². The number of hydrogen-bond donors (Lipinski definition) is 2. The number of hydrogen-bond acceptors (Lipinski definition) is 3. The van der Waals surface area contributed by atoms with E-state index in [0.29, 0.717) is 37.5 Å². The number of urea groups is 1. The second-order valence-corrected chi connectivity index (χ2v) is 6.75. The maximum Gasteiger partial charge on any atom is 0.322 e. The molecule has 1 aliphatic heterocycles. The van der Waals surface area contributed by atoms with E-state index in [2.05, 4.69) is 10.6 Å². The van der Waals surface area contributed by atoms with Crippen LogP contribution in [-0.4, -0.2) is 36.1 Å². The number of anilines is 1. The van der Waals surface area contributed by atoms with Crippen molar-refractivity contribution in [2.24, 2.45) is 0 Å². The summed E-state index contributed by atoms with van der Waals surface area (Å²) < 4.78 is 18.7. The van der Waals surface area contributed by atoms with Crippen molar-refractivity contribution in [3.63, 3.8) is 0 Å². The lowest BCUT2D eigenvalue weighted by Crippen LogP contribution is -2.32. The van der Waals surface area contributed by atoms with Crippen molar-refractivity contribution in [2.45, 2.75) is 33.0 Å². The fourth-order valence-electron chi connectivity index (χ4n) is 3.10. The first kappa shape index (κ1) is 19.8. The van der Waals surface area contributed by atoms with E-state index in [4.69, 9.17) is 4.74 Å². The molecule has 3 rings (SSSR count). The normalized spacial score (nSPS) is 13.8. The summed E-state index contributed by atoms with van der Waals surface area (Å²) in [5, 5.41) is 5.62. The summed E-state index contributed by atoms with van der Waals surface area (Å²) in [4.78, 5) is 26.2. The maximum atomic E-state index is 13.3. The molecular formula is C21H24FN3O3. The van der Waals surface area contributed by atoms with E-state index in [1.54, 1.807) is 35.2 Å². The summed E-state index contributed by atoms with van der Waals surface area (Å²) in [6.45, 7) is 5.65. The van der Waals surface area contributed by atoms with Gasteiger partial charge in [-0.1, -0.05) is 6.07 Å². The van der Waals surface area contributed by atoms with Gasteiger partial charge in [-0.15, -0.1) is 0 Å². The summed E-state index contributed by atoms with van der Waals surface area (Å²) >= 11 is 0. The minimum Gasteiger partial charge on any atom is -0.377 e. The molecule has 0 bridgehead atoms. The Balaban J connectivity index is 1.53. The van der Waals surface area contributed by atoms with Crippen molar-refractivity contribution >= 4 is 17.6 Å². The summed E-state index contributed by atoms with van der Waals surface area (Å²) in [5.74, 6) is -0.494. The first-order chi connectivity index (χ1) is 13.5. The van der Waals surface area contributed by atoms with Gasteiger partial charge in [0.1, 0.15) is 5.82 Å². The second kappa shape index (κ2) is 8.84. The van der Waals surface area contributed by atoms with Gasteiger partial charge in [-0.2, -0.15) is 0 Å². The number of carbonyl (C=O) groups is 2. The van der Waals surface area contributed by atoms with Gasteiger partial charge in [-0.3, -0.25) is 4.79 Å². The maximum absolute atomic E-state index is 13.3. The molecule has 0 aliphatic carbocycles. The quantitative estimate of drug-likeness (QED) is 0.799. The Hall–Kier alpha value is -2.93. The molecule has 1 heterocycles. The zero-order valence-electron chi connectivity index (χ0n) is 16.0. The van der Waals surface area contributed by atoms with Crippen LogP contribution in [0.25, 0.3) is 0 Å². The minimum atomic E-state index is -0.300. The lowest BCUT2D eigenvalue weighted by molar-refractivity contribution is 0.0695. The molecule has 3 amide bonds. The molecule has 0 radical (unpaired) electrons. The van der Waals surface area contributed by atoms with Crippen molar-refractivity contribution in [3.05, 3.63) is 65.0 Å². The molecule has 7 heteroatoms. The first-order valence-corrected chi connectivity index (χ1v) is 9.29. The summed E-state index contributed by atoms with van der Waals surface area (Å²) in [7, 11) is 0. The molecule has 6 nitrogen and oxygen atoms in total. The molecule has 0 aromatic heterocycles. The third kappa shape index (κ3) is 4.86. The molecule has 1 aliphatic rings. The van der Waals surface area contributed by atoms with E-state index in [1.165, 1.54) is 12.1 Å². The molecule has 2 aromatic carbocycles. The van der Waals surface area contributed by atoms with E-state index in [0.717, 1.165) is 11.1 Å². The lowest BCUT2D eigenvalue weighted by Gasteiger charge is -2.16. The number of nitrogens with zero attached hydrogens (tertiary/aromatic N) is 1. The first-order valence-electron chi connectivity index (χ1n) is 9.29. The Bertz CT molecular complexity index is 854. The number of ether oxygens (including phenoxy) is 1. The molecule has 1 atom stereocenters. The highest BCUT2D eigenvalue weighted by molar-refractivity contribution is 5.95. The van der Waals surface area contributed by atoms with Gasteiger partial charge in [0.05, 0.1) is 6.10 Å². The summed E-state index contributed by atoms with van der Waals surface area (Å²) in [6, 6.07) is 11.0. The van der Waals surface area contributed by atoms with Crippen LogP contribution in [0, 0.1) is 5.82 Å². The predicted molar refractivity (Wildman–Crippen MR) is 105 cm³/mol. The topological polar surface area (TPSA) is 70.7 Å². The molecule has 0 spiro atoms. The van der Waals surface area contributed by atoms with E-state index in [-0.39, 0.29) is 23.9 Å². The van der Waals surface area contributed by atoms with E-state index < -0.39 is 0 Å². The third-order valence-electron chi connectivity index (χ3n) is 4.58. The number of halogens is 1. The molecule has 0 saturated carbocycles. The molecular weight excluding hydrogens is 361 g/mol. The van der Waals surface area contributed by atoms with Crippen molar-refractivity contribution < 1.29 is 18.7 Å². The molecule has 0 saturated heterocycles. The number of fused-ring (bicyclic) bond motifs is 1. The van der Waals surface area contributed by atoms with Crippen LogP contribution in [-0.2, 0) is 17.8 Å². The Morgan fingerprint density at radius 1 is 1.14 bits per heavy atom. The minimum absolute atomic E-state index is 0.0504. The Labute approximate surface area is 163 Å². The summed E-state index contributed by atoms with van der Waals surface area (Å²) in [6.07, 6.45) is -0.0504. The second-order valence-electron chi connectivity index (χ2n) is 6.75. The predicted octanol–water partition coefficient (Wildman–Crippen LogP) is 3.53. The molecule has 1 unspecified atom stereocenters. The van der Waals surface area contributed by atoms with Gasteiger partial charge in [-0.25, -0.2) is 9.18 Å². The van der Waals surface area contributed by atoms with Crippen LogP contribution in [0.5, 0.6) is 0 Å². The Morgan fingerprint density at radius 3 is 2.57 bits per heavy atom. The number of rotatable bonds is 6. The Morgan fingerprint density at radius 2 is 1.86 bits per heavy atom. The van der Waals surface area contributed by atoms with Crippen LogP contribution in [0.3, 0.4) is 0 Å². The van der Waals surface area contributed by atoms with Crippen LogP contribution in [0.2, 0.25) is 0 Å². The van der Waals surface area contributed by atoms with Gasteiger partial charge in [-0.05, 0) is 61.4 Å². The zero-order chi connectivity index (χ0) is 20.1. The molecule has 0 fully saturated rings. The molecule has 28 heavy (non-hydrogen) atoms. The average Bonchev–Trinajstić information content (AvgIpc) is 3.10. The molecule has 148 valence electrons. The molecule has 2 aromatic rings. The number of benzene rings is 2. The van der Waals surface area contributed by atoms with Crippen molar-refractivity contribution in [1.82, 2.24) is 10.2 Å². The van der Waals surface area contributed by atoms with Gasteiger partial charge >= 0.3 is 6.03 Å². The standard InChI is InChI=1S/C21H24FN3O3/c1-3-28-14(2)11-23-20(26)15-5-8-19(9-6-15)24-21(27)25-12-16-4-7-18(22)10-17(16)13-25/h4-10,14H,3,11-13H2,1-2H3,(H,23,26)(H,24,27). The van der Waals surface area contributed by atoms with Crippen LogP contribution < -0.4 is 10.6 Å². The smallest absolute Gasteiger partial charge is 0.322 e. The highest BCUT2D eigenvalue weighted by Gasteiger charge is 2.23. The largest absolute Gasteiger partial charge is 0.377 e. The van der Waals surface area contributed by atoms with Gasteiger partial charge in [0.15, 0.2) is 0 Å². The number of carbonyl (C=O) groups excluding carboxylic acids is 2. The fraction of sp³-hybridized carbons (Fsp3) is 0.333. The van der Waals surface area contributed by atoms with E-state index in [9.17, 15) is 14.0 Å². The average molecular weight is 385 g/mol. The highest BCUT2D eigenvalue weighted by Crippen LogP contribution is 2.24. The van der Waals surface area contributed by atoms with Crippen LogP contribution in [0.15, 0.2) is 42.5 Å². The van der Waals surface area contributed by atoms with Gasteiger partial charge in [0.25, 0.3) is 5.91 Å². The highest BCUT2D eigenvalue weighted by atomic mass is 19.1. The fourth-order valence-corrected chi connectivity index (χ4v) is 3.10. The van der Waals surface area contributed by atoms with Crippen molar-refractivity contribution in [1.29, 1.82) is 0 Å².